The molecule has 33 heavy (non-hydrogen) atoms. The molecule has 4 aliphatic rings. The zero-order valence-corrected chi connectivity index (χ0v) is 19.0. The van der Waals surface area contributed by atoms with Gasteiger partial charge in [-0.05, 0) is 80.2 Å². The second-order valence-corrected chi connectivity index (χ2v) is 10.3. The Hall–Kier alpha value is -2.96. The number of hydrogen-bond acceptors (Lipinski definition) is 5. The molecule has 0 saturated heterocycles. The first kappa shape index (κ1) is 21.9. The lowest BCUT2D eigenvalue weighted by molar-refractivity contribution is -0.128. The van der Waals surface area contributed by atoms with Gasteiger partial charge in [-0.25, -0.2) is 9.48 Å². The lowest BCUT2D eigenvalue weighted by Crippen LogP contribution is -2.56. The molecule has 7 nitrogen and oxygen atoms in total. The van der Waals surface area contributed by atoms with Crippen molar-refractivity contribution in [2.75, 3.05) is 6.61 Å². The maximum Gasteiger partial charge on any atom is 0.359 e. The molecule has 0 unspecified atom stereocenters. The molecule has 1 heterocycles. The van der Waals surface area contributed by atoms with Gasteiger partial charge >= 0.3 is 5.97 Å². The van der Waals surface area contributed by atoms with Gasteiger partial charge in [-0.1, -0.05) is 30.3 Å². The van der Waals surface area contributed by atoms with Crippen LogP contribution in [0.5, 0.6) is 0 Å². The molecule has 4 bridgehead atoms. The summed E-state index contributed by atoms with van der Waals surface area (Å²) in [5.74, 6) is 1.43. The number of benzene rings is 1. The Balaban J connectivity index is 1.17. The van der Waals surface area contributed by atoms with E-state index in [1.54, 1.807) is 0 Å². The molecule has 174 valence electrons. The van der Waals surface area contributed by atoms with E-state index in [1.807, 2.05) is 30.3 Å². The van der Waals surface area contributed by atoms with Gasteiger partial charge in [0.2, 0.25) is 0 Å². The predicted octanol–water partition coefficient (Wildman–Crippen LogP) is 3.17. The highest BCUT2D eigenvalue weighted by atomic mass is 16.5. The summed E-state index contributed by atoms with van der Waals surface area (Å²) in [5.41, 5.74) is 0.795. The van der Waals surface area contributed by atoms with Crippen LogP contribution in [0.4, 0.5) is 0 Å². The normalized spacial score (nSPS) is 28.3. The smallest absolute Gasteiger partial charge is 0.359 e. The van der Waals surface area contributed by atoms with Gasteiger partial charge in [-0.3, -0.25) is 9.59 Å². The minimum Gasteiger partial charge on any atom is -0.451 e. The molecule has 0 spiro atoms. The van der Waals surface area contributed by atoms with Gasteiger partial charge in [0.25, 0.3) is 11.5 Å². The summed E-state index contributed by atoms with van der Waals surface area (Å²) in [6.45, 7) is 2.01. The van der Waals surface area contributed by atoms with Gasteiger partial charge in [-0.15, -0.1) is 0 Å². The number of esters is 1. The fourth-order valence-corrected chi connectivity index (χ4v) is 6.78. The Morgan fingerprint density at radius 1 is 1.06 bits per heavy atom. The largest absolute Gasteiger partial charge is 0.451 e. The van der Waals surface area contributed by atoms with Crippen LogP contribution in [0.15, 0.2) is 47.3 Å². The zero-order chi connectivity index (χ0) is 23.0. The van der Waals surface area contributed by atoms with Crippen molar-refractivity contribution in [3.8, 4) is 0 Å². The van der Waals surface area contributed by atoms with Gasteiger partial charge in [0.15, 0.2) is 12.3 Å². The second kappa shape index (κ2) is 8.76. The standard InChI is InChI=1S/C26H31N3O4/c1-17(26-12-19-9-20(13-26)11-21(10-19)14-26)27-23(30)16-33-25(32)22-7-8-24(31)29(28-22)15-18-5-3-2-4-6-18/h2-8,17,19-21H,9-16H2,1H3,(H,27,30)/t17-,19?,20?,21?,26?/m1/s1. The summed E-state index contributed by atoms with van der Waals surface area (Å²) < 4.78 is 6.45. The molecule has 1 amide bonds. The van der Waals surface area contributed by atoms with Crippen molar-refractivity contribution in [3.05, 3.63) is 64.1 Å². The Bertz CT molecular complexity index is 1060. The Labute approximate surface area is 193 Å². The van der Waals surface area contributed by atoms with Crippen LogP contribution in [0.3, 0.4) is 0 Å². The first-order chi connectivity index (χ1) is 15.9. The number of nitrogens with zero attached hydrogens (tertiary/aromatic N) is 2. The summed E-state index contributed by atoms with van der Waals surface area (Å²) in [5, 5.41) is 7.24. The summed E-state index contributed by atoms with van der Waals surface area (Å²) in [6, 6.07) is 12.1. The molecule has 7 heteroatoms. The number of carbonyl (C=O) groups is 2. The van der Waals surface area contributed by atoms with Crippen LogP contribution in [0.25, 0.3) is 0 Å². The third-order valence-electron chi connectivity index (χ3n) is 7.97. The van der Waals surface area contributed by atoms with Gasteiger partial charge in [0.05, 0.1) is 6.54 Å². The highest BCUT2D eigenvalue weighted by molar-refractivity contribution is 5.89. The second-order valence-electron chi connectivity index (χ2n) is 10.3. The highest BCUT2D eigenvalue weighted by Gasteiger charge is 2.53. The van der Waals surface area contributed by atoms with Crippen molar-refractivity contribution in [1.82, 2.24) is 15.1 Å². The quantitative estimate of drug-likeness (QED) is 0.656. The van der Waals surface area contributed by atoms with E-state index in [-0.39, 0.29) is 41.8 Å². The van der Waals surface area contributed by atoms with Gasteiger partial charge in [0, 0.05) is 12.1 Å². The molecule has 1 aromatic carbocycles. The van der Waals surface area contributed by atoms with Crippen molar-refractivity contribution in [3.63, 3.8) is 0 Å². The van der Waals surface area contributed by atoms with Gasteiger partial charge < -0.3 is 10.1 Å². The first-order valence-corrected chi connectivity index (χ1v) is 12.0. The molecule has 6 rings (SSSR count). The van der Waals surface area contributed by atoms with E-state index in [4.69, 9.17) is 4.74 Å². The van der Waals surface area contributed by atoms with Crippen LogP contribution >= 0.6 is 0 Å². The number of hydrogen-bond donors (Lipinski definition) is 1. The molecule has 1 atom stereocenters. The van der Waals surface area contributed by atoms with E-state index < -0.39 is 5.97 Å². The highest BCUT2D eigenvalue weighted by Crippen LogP contribution is 2.61. The SMILES string of the molecule is C[C@@H](NC(=O)COC(=O)c1ccc(=O)n(Cc2ccccc2)n1)C12CC3CC(CC(C3)C1)C2. The first-order valence-electron chi connectivity index (χ1n) is 12.0. The predicted molar refractivity (Wildman–Crippen MR) is 123 cm³/mol. The number of rotatable bonds is 7. The number of ether oxygens (including phenoxy) is 1. The van der Waals surface area contributed by atoms with Crippen LogP contribution in [0.2, 0.25) is 0 Å². The van der Waals surface area contributed by atoms with Crippen molar-refractivity contribution in [2.24, 2.45) is 23.2 Å². The van der Waals surface area contributed by atoms with Crippen molar-refractivity contribution < 1.29 is 14.3 Å². The fourth-order valence-electron chi connectivity index (χ4n) is 6.78. The van der Waals surface area contributed by atoms with Crippen LogP contribution in [0.1, 0.15) is 61.5 Å². The molecular weight excluding hydrogens is 418 g/mol. The molecule has 0 radical (unpaired) electrons. The van der Waals surface area contributed by atoms with E-state index in [2.05, 4.69) is 17.3 Å². The summed E-state index contributed by atoms with van der Waals surface area (Å²) >= 11 is 0. The molecule has 4 aliphatic carbocycles. The van der Waals surface area contributed by atoms with Crippen LogP contribution in [-0.2, 0) is 16.1 Å². The third-order valence-corrected chi connectivity index (χ3v) is 7.97. The fraction of sp³-hybridized carbons (Fsp3) is 0.538. The van der Waals surface area contributed by atoms with E-state index in [1.165, 1.54) is 55.3 Å². The van der Waals surface area contributed by atoms with E-state index >= 15 is 0 Å². The Kier molecular flexibility index (Phi) is 5.81. The van der Waals surface area contributed by atoms with Crippen molar-refractivity contribution >= 4 is 11.9 Å². The Morgan fingerprint density at radius 3 is 2.33 bits per heavy atom. The van der Waals surface area contributed by atoms with E-state index in [0.29, 0.717) is 0 Å². The molecule has 4 saturated carbocycles. The average molecular weight is 450 g/mol. The maximum atomic E-state index is 12.6. The molecule has 2 aromatic rings. The monoisotopic (exact) mass is 449 g/mol. The van der Waals surface area contributed by atoms with Crippen LogP contribution < -0.4 is 10.9 Å². The Morgan fingerprint density at radius 2 is 1.70 bits per heavy atom. The number of carbonyl (C=O) groups excluding carboxylic acids is 2. The summed E-state index contributed by atoms with van der Waals surface area (Å²) in [4.78, 5) is 37.2. The lowest BCUT2D eigenvalue weighted by atomic mass is 9.48. The van der Waals surface area contributed by atoms with Crippen molar-refractivity contribution in [1.29, 1.82) is 0 Å². The molecule has 1 N–H and O–H groups in total. The maximum absolute atomic E-state index is 12.6. The summed E-state index contributed by atoms with van der Waals surface area (Å²) in [7, 11) is 0. The summed E-state index contributed by atoms with van der Waals surface area (Å²) in [6.07, 6.45) is 7.68. The zero-order valence-electron chi connectivity index (χ0n) is 19.0. The average Bonchev–Trinajstić information content (AvgIpc) is 2.79. The van der Waals surface area contributed by atoms with Crippen LogP contribution in [-0.4, -0.2) is 34.3 Å². The molecular formula is C26H31N3O4. The minimum atomic E-state index is -0.714. The number of amides is 1. The lowest BCUT2D eigenvalue weighted by Gasteiger charge is -2.59. The third kappa shape index (κ3) is 4.59. The molecule has 0 aliphatic heterocycles. The van der Waals surface area contributed by atoms with E-state index in [9.17, 15) is 14.4 Å². The number of nitrogens with one attached hydrogen (secondary N) is 1. The molecule has 1 aromatic heterocycles. The van der Waals surface area contributed by atoms with Crippen molar-refractivity contribution in [2.45, 2.75) is 58.0 Å². The molecule has 4 fully saturated rings. The van der Waals surface area contributed by atoms with Gasteiger partial charge in [0.1, 0.15) is 0 Å². The topological polar surface area (TPSA) is 90.3 Å². The van der Waals surface area contributed by atoms with E-state index in [0.717, 1.165) is 23.3 Å². The van der Waals surface area contributed by atoms with Gasteiger partial charge in [-0.2, -0.15) is 5.10 Å². The minimum absolute atomic E-state index is 0.00691. The van der Waals surface area contributed by atoms with Crippen LogP contribution in [0, 0.1) is 23.2 Å². The number of aromatic nitrogens is 2.